The summed E-state index contributed by atoms with van der Waals surface area (Å²) in [5.41, 5.74) is 0.564. The quantitative estimate of drug-likeness (QED) is 0.846. The van der Waals surface area contributed by atoms with Crippen molar-refractivity contribution in [2.45, 2.75) is 5.03 Å². The molecule has 2 aromatic rings. The van der Waals surface area contributed by atoms with Crippen molar-refractivity contribution in [2.75, 3.05) is 5.75 Å². The topological polar surface area (TPSA) is 62.8 Å². The number of nitrogens with zero attached hydrogens (tertiary/aromatic N) is 1. The van der Waals surface area contributed by atoms with Crippen LogP contribution in [0.15, 0.2) is 34.5 Å². The number of benzene rings is 1. The molecule has 1 N–H and O–H groups in total. The highest BCUT2D eigenvalue weighted by Gasteiger charge is 2.22. The second-order valence-electron chi connectivity index (χ2n) is 4.05. The fraction of sp³-hybridized carbons (Fsp3) is 0.0833. The molecule has 0 aliphatic heterocycles. The summed E-state index contributed by atoms with van der Waals surface area (Å²) >= 11 is 23.5. The van der Waals surface area contributed by atoms with Crippen LogP contribution in [-0.4, -0.2) is 24.4 Å². The van der Waals surface area contributed by atoms with Gasteiger partial charge in [0.05, 0.1) is 10.8 Å². The molecule has 0 bridgehead atoms. The smallest absolute Gasteiger partial charge is 0.203 e. The Morgan fingerprint density at radius 2 is 1.95 bits per heavy atom. The Morgan fingerprint density at radius 1 is 1.24 bits per heavy atom. The molecule has 0 spiro atoms. The van der Waals surface area contributed by atoms with Crippen molar-refractivity contribution in [1.29, 1.82) is 0 Å². The first-order chi connectivity index (χ1) is 9.79. The first-order valence-corrected chi connectivity index (χ1v) is 8.69. The van der Waals surface area contributed by atoms with Crippen molar-refractivity contribution in [3.05, 3.63) is 50.1 Å². The van der Waals surface area contributed by atoms with Gasteiger partial charge in [0.15, 0.2) is 5.03 Å². The van der Waals surface area contributed by atoms with Crippen LogP contribution < -0.4 is 0 Å². The minimum atomic E-state index is -3.73. The first kappa shape index (κ1) is 16.6. The Morgan fingerprint density at radius 3 is 2.52 bits per heavy atom. The fourth-order valence-electron chi connectivity index (χ4n) is 1.56. The lowest BCUT2D eigenvalue weighted by molar-refractivity contribution is 0.594. The number of hydrogen-bond acceptors (Lipinski definition) is 3. The van der Waals surface area contributed by atoms with Gasteiger partial charge in [0.2, 0.25) is 9.84 Å². The predicted octanol–water partition coefficient (Wildman–Crippen LogP) is 4.42. The van der Waals surface area contributed by atoms with Crippen molar-refractivity contribution < 1.29 is 8.42 Å². The lowest BCUT2D eigenvalue weighted by atomic mass is 10.2. The molecule has 0 amide bonds. The summed E-state index contributed by atoms with van der Waals surface area (Å²) < 4.78 is 24.2. The van der Waals surface area contributed by atoms with E-state index in [4.69, 9.17) is 46.4 Å². The van der Waals surface area contributed by atoms with E-state index in [-0.39, 0.29) is 15.1 Å². The van der Waals surface area contributed by atoms with E-state index in [1.54, 1.807) is 12.1 Å². The highest BCUT2D eigenvalue weighted by molar-refractivity contribution is 7.91. The highest BCUT2D eigenvalue weighted by Crippen LogP contribution is 2.26. The van der Waals surface area contributed by atoms with Gasteiger partial charge in [-0.15, -0.1) is 0 Å². The van der Waals surface area contributed by atoms with Crippen molar-refractivity contribution in [3.63, 3.8) is 0 Å². The SMILES string of the molecule is O=S(=O)(CC(Cl)=Cc1ccc(Cl)cc1Cl)c1n[nH]cc1Cl. The van der Waals surface area contributed by atoms with Gasteiger partial charge < -0.3 is 0 Å². The molecule has 4 nitrogen and oxygen atoms in total. The number of hydrogen-bond donors (Lipinski definition) is 1. The molecule has 1 aromatic heterocycles. The van der Waals surface area contributed by atoms with Crippen molar-refractivity contribution in [1.82, 2.24) is 10.2 Å². The molecule has 0 saturated heterocycles. The number of nitrogens with one attached hydrogen (secondary N) is 1. The second kappa shape index (κ2) is 6.58. The van der Waals surface area contributed by atoms with Crippen molar-refractivity contribution in [2.24, 2.45) is 0 Å². The van der Waals surface area contributed by atoms with Gasteiger partial charge in [0.1, 0.15) is 0 Å². The van der Waals surface area contributed by atoms with E-state index >= 15 is 0 Å². The third kappa shape index (κ3) is 4.14. The summed E-state index contributed by atoms with van der Waals surface area (Å²) in [7, 11) is -3.73. The maximum absolute atomic E-state index is 12.1. The third-order valence-corrected chi connectivity index (χ3v) is 5.41. The Labute approximate surface area is 141 Å². The summed E-state index contributed by atoms with van der Waals surface area (Å²) in [5, 5.41) is 6.69. The zero-order valence-electron chi connectivity index (χ0n) is 10.3. The van der Waals surface area contributed by atoms with Crippen LogP contribution >= 0.6 is 46.4 Å². The fourth-order valence-corrected chi connectivity index (χ4v) is 4.15. The molecule has 2 rings (SSSR count). The molecule has 1 heterocycles. The van der Waals surface area contributed by atoms with Crippen LogP contribution in [0, 0.1) is 0 Å². The van der Waals surface area contributed by atoms with Crippen LogP contribution in [0.2, 0.25) is 15.1 Å². The van der Waals surface area contributed by atoms with E-state index in [1.165, 1.54) is 18.3 Å². The highest BCUT2D eigenvalue weighted by atomic mass is 35.5. The van der Waals surface area contributed by atoms with Gasteiger partial charge in [0, 0.05) is 21.3 Å². The first-order valence-electron chi connectivity index (χ1n) is 5.53. The van der Waals surface area contributed by atoms with E-state index in [0.717, 1.165) is 0 Å². The normalized spacial score (nSPS) is 12.7. The maximum atomic E-state index is 12.1. The van der Waals surface area contributed by atoms with E-state index < -0.39 is 15.6 Å². The zero-order valence-corrected chi connectivity index (χ0v) is 14.1. The average molecular weight is 386 g/mol. The van der Waals surface area contributed by atoms with Gasteiger partial charge in [-0.1, -0.05) is 52.5 Å². The molecule has 0 unspecified atom stereocenters. The van der Waals surface area contributed by atoms with Gasteiger partial charge in [-0.2, -0.15) is 5.10 Å². The lowest BCUT2D eigenvalue weighted by Gasteiger charge is -2.03. The molecule has 0 atom stereocenters. The van der Waals surface area contributed by atoms with Crippen molar-refractivity contribution in [3.8, 4) is 0 Å². The molecule has 0 saturated carbocycles. The molecule has 1 aromatic carbocycles. The number of aromatic amines is 1. The van der Waals surface area contributed by atoms with Crippen molar-refractivity contribution >= 4 is 62.3 Å². The van der Waals surface area contributed by atoms with E-state index in [9.17, 15) is 8.42 Å². The zero-order chi connectivity index (χ0) is 15.6. The van der Waals surface area contributed by atoms with Crippen LogP contribution in [0.3, 0.4) is 0 Å². The maximum Gasteiger partial charge on any atom is 0.203 e. The number of aromatic nitrogens is 2. The summed E-state index contributed by atoms with van der Waals surface area (Å²) in [6, 6.07) is 4.81. The Bertz CT molecular complexity index is 799. The molecule has 21 heavy (non-hydrogen) atoms. The number of halogens is 4. The van der Waals surface area contributed by atoms with Gasteiger partial charge >= 0.3 is 0 Å². The number of H-pyrrole nitrogens is 1. The summed E-state index contributed by atoms with van der Waals surface area (Å²) in [6.45, 7) is 0. The van der Waals surface area contributed by atoms with Crippen LogP contribution in [0.4, 0.5) is 0 Å². The molecule has 112 valence electrons. The minimum Gasteiger partial charge on any atom is -0.283 e. The molecule has 9 heteroatoms. The van der Waals surface area contributed by atoms with E-state index in [2.05, 4.69) is 10.2 Å². The Hall–Kier alpha value is -0.720. The number of sulfone groups is 1. The van der Waals surface area contributed by atoms with Gasteiger partial charge in [0.25, 0.3) is 0 Å². The molecule has 0 radical (unpaired) electrons. The molecule has 0 fully saturated rings. The number of rotatable bonds is 4. The van der Waals surface area contributed by atoms with Crippen LogP contribution in [0.25, 0.3) is 6.08 Å². The van der Waals surface area contributed by atoms with Crippen LogP contribution in [0.5, 0.6) is 0 Å². The predicted molar refractivity (Wildman–Crippen MR) is 85.9 cm³/mol. The van der Waals surface area contributed by atoms with E-state index in [0.29, 0.717) is 15.6 Å². The molecular formula is C12H8Cl4N2O2S. The average Bonchev–Trinajstić information content (AvgIpc) is 2.79. The molecule has 0 aliphatic carbocycles. The molecule has 0 aliphatic rings. The van der Waals surface area contributed by atoms with Crippen LogP contribution in [0.1, 0.15) is 5.56 Å². The summed E-state index contributed by atoms with van der Waals surface area (Å²) in [5.74, 6) is -0.432. The van der Waals surface area contributed by atoms with E-state index in [1.807, 2.05) is 0 Å². The summed E-state index contributed by atoms with van der Waals surface area (Å²) in [6.07, 6.45) is 2.74. The minimum absolute atomic E-state index is 0.0176. The second-order valence-corrected chi connectivity index (χ2v) is 7.70. The Balaban J connectivity index is 2.27. The van der Waals surface area contributed by atoms with Crippen LogP contribution in [-0.2, 0) is 9.84 Å². The summed E-state index contributed by atoms with van der Waals surface area (Å²) in [4.78, 5) is 0. The lowest BCUT2D eigenvalue weighted by Crippen LogP contribution is -2.08. The van der Waals surface area contributed by atoms with Gasteiger partial charge in [-0.25, -0.2) is 8.42 Å². The molecular weight excluding hydrogens is 378 g/mol. The Kier molecular flexibility index (Phi) is 5.22. The van der Waals surface area contributed by atoms with Gasteiger partial charge in [-0.3, -0.25) is 5.10 Å². The standard InChI is InChI=1S/C12H8Cl4N2O2S/c13-8-2-1-7(10(15)4-8)3-9(14)6-21(19,20)12-11(16)5-17-18-12/h1-5H,6H2,(H,17,18). The largest absolute Gasteiger partial charge is 0.283 e. The monoisotopic (exact) mass is 384 g/mol. The van der Waals surface area contributed by atoms with Gasteiger partial charge in [-0.05, 0) is 23.8 Å². The third-order valence-electron chi connectivity index (χ3n) is 2.46.